The van der Waals surface area contributed by atoms with Crippen molar-refractivity contribution in [3.63, 3.8) is 0 Å². The summed E-state index contributed by atoms with van der Waals surface area (Å²) in [4.78, 5) is 24.3. The number of fused-ring (bicyclic) bond motifs is 2. The molecule has 8 heteroatoms. The van der Waals surface area contributed by atoms with E-state index in [9.17, 15) is 4.79 Å². The molecule has 0 saturated carbocycles. The summed E-state index contributed by atoms with van der Waals surface area (Å²) in [5.41, 5.74) is 2.15. The summed E-state index contributed by atoms with van der Waals surface area (Å²) >= 11 is 1.54. The first-order valence-corrected chi connectivity index (χ1v) is 11.6. The van der Waals surface area contributed by atoms with Crippen LogP contribution in [0.25, 0.3) is 10.2 Å². The van der Waals surface area contributed by atoms with Gasteiger partial charge in [-0.1, -0.05) is 42.5 Å². The average Bonchev–Trinajstić information content (AvgIpc) is 3.50. The number of ether oxygens (including phenoxy) is 2. The van der Waals surface area contributed by atoms with E-state index in [1.54, 1.807) is 17.4 Å². The molecular formula is C24H24N4O3S. The van der Waals surface area contributed by atoms with Crippen LogP contribution in [0.3, 0.4) is 0 Å². The molecule has 0 N–H and O–H groups in total. The first kappa shape index (κ1) is 20.5. The highest BCUT2D eigenvalue weighted by Crippen LogP contribution is 2.34. The highest BCUT2D eigenvalue weighted by Gasteiger charge is 2.33. The normalized spacial score (nSPS) is 15.1. The van der Waals surface area contributed by atoms with Crippen molar-refractivity contribution in [2.75, 3.05) is 18.1 Å². The van der Waals surface area contributed by atoms with E-state index in [0.29, 0.717) is 23.2 Å². The van der Waals surface area contributed by atoms with Gasteiger partial charge in [0.15, 0.2) is 16.6 Å². The molecule has 2 aromatic heterocycles. The molecule has 5 rings (SSSR count). The van der Waals surface area contributed by atoms with Crippen molar-refractivity contribution in [1.82, 2.24) is 14.5 Å². The Balaban J connectivity index is 1.42. The Bertz CT molecular complexity index is 1220. The van der Waals surface area contributed by atoms with E-state index in [0.717, 1.165) is 29.6 Å². The van der Waals surface area contributed by atoms with Crippen LogP contribution in [0.5, 0.6) is 11.5 Å². The van der Waals surface area contributed by atoms with E-state index in [2.05, 4.69) is 24.0 Å². The van der Waals surface area contributed by atoms with Gasteiger partial charge in [0.05, 0.1) is 16.5 Å². The van der Waals surface area contributed by atoms with E-state index >= 15 is 0 Å². The number of benzene rings is 2. The highest BCUT2D eigenvalue weighted by atomic mass is 32.1. The number of carbonyl (C=O) groups is 1. The van der Waals surface area contributed by atoms with Crippen molar-refractivity contribution in [3.8, 4) is 11.5 Å². The maximum absolute atomic E-state index is 13.6. The van der Waals surface area contributed by atoms with Crippen LogP contribution in [0.4, 0.5) is 5.13 Å². The summed E-state index contributed by atoms with van der Waals surface area (Å²) in [7, 11) is 0. The molecular weight excluding hydrogens is 424 g/mol. The van der Waals surface area contributed by atoms with Gasteiger partial charge in [-0.2, -0.15) is 0 Å². The first-order valence-electron chi connectivity index (χ1n) is 10.8. The summed E-state index contributed by atoms with van der Waals surface area (Å²) in [6, 6.07) is 13.6. The molecule has 0 radical (unpaired) electrons. The second-order valence-corrected chi connectivity index (χ2v) is 8.63. The van der Waals surface area contributed by atoms with Crippen LogP contribution in [-0.4, -0.2) is 39.7 Å². The lowest BCUT2D eigenvalue weighted by Crippen LogP contribution is -2.47. The number of nitrogens with zero attached hydrogens (tertiary/aromatic N) is 4. The van der Waals surface area contributed by atoms with Crippen LogP contribution < -0.4 is 14.4 Å². The number of carbonyl (C=O) groups excluding carboxylic acids is 1. The van der Waals surface area contributed by atoms with E-state index in [1.165, 1.54) is 16.9 Å². The van der Waals surface area contributed by atoms with Gasteiger partial charge in [0.2, 0.25) is 6.10 Å². The molecule has 4 aromatic rings. The molecule has 0 bridgehead atoms. The van der Waals surface area contributed by atoms with Gasteiger partial charge in [0, 0.05) is 25.5 Å². The fourth-order valence-corrected chi connectivity index (χ4v) is 4.89. The first-order chi connectivity index (χ1) is 15.7. The Kier molecular flexibility index (Phi) is 5.77. The van der Waals surface area contributed by atoms with Crippen LogP contribution in [0, 0.1) is 0 Å². The lowest BCUT2D eigenvalue weighted by Gasteiger charge is -2.29. The molecule has 1 unspecified atom stereocenters. The Hall–Kier alpha value is -3.39. The van der Waals surface area contributed by atoms with Gasteiger partial charge in [-0.25, -0.2) is 9.97 Å². The number of aromatic nitrogens is 3. The average molecular weight is 449 g/mol. The van der Waals surface area contributed by atoms with Crippen molar-refractivity contribution in [2.45, 2.75) is 32.4 Å². The summed E-state index contributed by atoms with van der Waals surface area (Å²) in [5, 5.41) is 0.694. The fourth-order valence-electron chi connectivity index (χ4n) is 3.84. The maximum Gasteiger partial charge on any atom is 0.273 e. The number of rotatable bonds is 7. The monoisotopic (exact) mass is 448 g/mol. The molecule has 7 nitrogen and oxygen atoms in total. The number of para-hydroxylation sites is 3. The minimum Gasteiger partial charge on any atom is -0.485 e. The summed E-state index contributed by atoms with van der Waals surface area (Å²) in [5.74, 6) is 1.12. The van der Waals surface area contributed by atoms with Crippen molar-refractivity contribution in [3.05, 3.63) is 66.7 Å². The smallest absolute Gasteiger partial charge is 0.273 e. The third-order valence-corrected chi connectivity index (χ3v) is 6.55. The largest absolute Gasteiger partial charge is 0.485 e. The van der Waals surface area contributed by atoms with Crippen molar-refractivity contribution < 1.29 is 14.3 Å². The predicted molar refractivity (Wildman–Crippen MR) is 125 cm³/mol. The van der Waals surface area contributed by atoms with E-state index in [-0.39, 0.29) is 12.5 Å². The number of hydrogen-bond acceptors (Lipinski definition) is 6. The number of imidazole rings is 1. The van der Waals surface area contributed by atoms with Crippen LogP contribution >= 0.6 is 11.3 Å². The molecule has 2 aromatic carbocycles. The number of amides is 1. The standard InChI is InChI=1S/C24H24N4O3S/c1-2-17-7-5-10-21-22(17)26-24(32-21)28(13-6-12-27-14-11-25-16-27)23(29)20-15-30-18-8-3-4-9-19(18)31-20/h3-5,7-11,14,16,20H,2,6,12-13,15H2,1H3. The molecule has 0 aliphatic carbocycles. The number of aryl methyl sites for hydroxylation is 2. The molecule has 32 heavy (non-hydrogen) atoms. The van der Waals surface area contributed by atoms with Gasteiger partial charge < -0.3 is 14.0 Å². The quantitative estimate of drug-likeness (QED) is 0.421. The van der Waals surface area contributed by atoms with Crippen molar-refractivity contribution >= 4 is 32.6 Å². The molecule has 0 fully saturated rings. The van der Waals surface area contributed by atoms with Gasteiger partial charge in [0.1, 0.15) is 6.61 Å². The van der Waals surface area contributed by atoms with E-state index < -0.39 is 6.10 Å². The zero-order valence-corrected chi connectivity index (χ0v) is 18.6. The molecule has 164 valence electrons. The van der Waals surface area contributed by atoms with Gasteiger partial charge in [-0.15, -0.1) is 0 Å². The molecule has 0 saturated heterocycles. The molecule has 1 amide bonds. The molecule has 3 heterocycles. The SMILES string of the molecule is CCc1cccc2sc(N(CCCn3ccnc3)C(=O)C3COc4ccccc4O3)nc12. The van der Waals surface area contributed by atoms with Gasteiger partial charge in [-0.05, 0) is 36.6 Å². The highest BCUT2D eigenvalue weighted by molar-refractivity contribution is 7.22. The fraction of sp³-hybridized carbons (Fsp3) is 0.292. The molecule has 0 spiro atoms. The Labute approximate surface area is 190 Å². The van der Waals surface area contributed by atoms with Crippen molar-refractivity contribution in [2.24, 2.45) is 0 Å². The number of hydrogen-bond donors (Lipinski definition) is 0. The third-order valence-electron chi connectivity index (χ3n) is 5.51. The zero-order chi connectivity index (χ0) is 21.9. The number of thiazole rings is 1. The van der Waals surface area contributed by atoms with Gasteiger partial charge in [0.25, 0.3) is 5.91 Å². The predicted octanol–water partition coefficient (Wildman–Crippen LogP) is 4.32. The van der Waals surface area contributed by atoms with E-state index in [4.69, 9.17) is 14.5 Å². The van der Waals surface area contributed by atoms with Gasteiger partial charge in [-0.3, -0.25) is 9.69 Å². The summed E-state index contributed by atoms with van der Waals surface area (Å²) in [6.07, 6.45) is 6.41. The topological polar surface area (TPSA) is 69.5 Å². The van der Waals surface area contributed by atoms with E-state index in [1.807, 2.05) is 41.1 Å². The van der Waals surface area contributed by atoms with Gasteiger partial charge >= 0.3 is 0 Å². The van der Waals surface area contributed by atoms with Crippen molar-refractivity contribution in [1.29, 1.82) is 0 Å². The molecule has 1 atom stereocenters. The zero-order valence-electron chi connectivity index (χ0n) is 17.8. The van der Waals surface area contributed by atoms with Crippen LogP contribution in [-0.2, 0) is 17.8 Å². The maximum atomic E-state index is 13.6. The lowest BCUT2D eigenvalue weighted by atomic mass is 10.1. The summed E-state index contributed by atoms with van der Waals surface area (Å²) < 4.78 is 14.9. The lowest BCUT2D eigenvalue weighted by molar-refractivity contribution is -0.127. The van der Waals surface area contributed by atoms with Crippen LogP contribution in [0.1, 0.15) is 18.9 Å². The Morgan fingerprint density at radius 3 is 2.91 bits per heavy atom. The molecule has 1 aliphatic heterocycles. The second kappa shape index (κ2) is 9.00. The minimum absolute atomic E-state index is 0.137. The Morgan fingerprint density at radius 2 is 2.09 bits per heavy atom. The minimum atomic E-state index is -0.712. The van der Waals surface area contributed by atoms with Crippen LogP contribution in [0.2, 0.25) is 0 Å². The third kappa shape index (κ3) is 4.05. The number of anilines is 1. The van der Waals surface area contributed by atoms with Crippen LogP contribution in [0.15, 0.2) is 61.2 Å². The summed E-state index contributed by atoms with van der Waals surface area (Å²) in [6.45, 7) is 3.59. The second-order valence-electron chi connectivity index (χ2n) is 7.62. The molecule has 1 aliphatic rings. The Morgan fingerprint density at radius 1 is 1.22 bits per heavy atom.